The van der Waals surface area contributed by atoms with Gasteiger partial charge in [-0.05, 0) is 30.7 Å². The highest BCUT2D eigenvalue weighted by atomic mass is 16.5. The van der Waals surface area contributed by atoms with Gasteiger partial charge in [0, 0.05) is 11.9 Å². The summed E-state index contributed by atoms with van der Waals surface area (Å²) in [6, 6.07) is 13.4. The van der Waals surface area contributed by atoms with Crippen molar-refractivity contribution in [3.05, 3.63) is 54.2 Å². The lowest BCUT2D eigenvalue weighted by atomic mass is 10.2. The first-order chi connectivity index (χ1) is 10.2. The number of nitrogens with zero attached hydrogens (tertiary/aromatic N) is 3. The number of carbonyl (C=O) groups is 1. The Morgan fingerprint density at radius 1 is 1.19 bits per heavy atom. The molecule has 1 N–H and O–H groups in total. The Bertz CT molecular complexity index is 782. The van der Waals surface area contributed by atoms with E-state index in [1.54, 1.807) is 10.6 Å². The zero-order valence-electron chi connectivity index (χ0n) is 11.5. The summed E-state index contributed by atoms with van der Waals surface area (Å²) < 4.78 is 7.09. The molecule has 6 heteroatoms. The number of hydrogen-bond donors (Lipinski definition) is 1. The SMILES string of the molecule is Cc1ccccc1NC(=O)COc1nnc2ccccn12. The van der Waals surface area contributed by atoms with Crippen molar-refractivity contribution in [1.82, 2.24) is 14.6 Å². The maximum Gasteiger partial charge on any atom is 0.322 e. The van der Waals surface area contributed by atoms with Gasteiger partial charge in [-0.15, -0.1) is 5.10 Å². The summed E-state index contributed by atoms with van der Waals surface area (Å²) in [5, 5.41) is 10.7. The van der Waals surface area contributed by atoms with Crippen molar-refractivity contribution in [1.29, 1.82) is 0 Å². The van der Waals surface area contributed by atoms with E-state index in [9.17, 15) is 4.79 Å². The van der Waals surface area contributed by atoms with E-state index in [1.807, 2.05) is 49.4 Å². The molecule has 3 aromatic rings. The minimum Gasteiger partial charge on any atom is -0.453 e. The predicted molar refractivity (Wildman–Crippen MR) is 78.3 cm³/mol. The third-order valence-electron chi connectivity index (χ3n) is 3.03. The topological polar surface area (TPSA) is 68.5 Å². The van der Waals surface area contributed by atoms with Crippen molar-refractivity contribution in [2.24, 2.45) is 0 Å². The first-order valence-corrected chi connectivity index (χ1v) is 6.52. The summed E-state index contributed by atoms with van der Waals surface area (Å²) in [6.45, 7) is 1.81. The summed E-state index contributed by atoms with van der Waals surface area (Å²) in [4.78, 5) is 11.9. The largest absolute Gasteiger partial charge is 0.453 e. The van der Waals surface area contributed by atoms with Gasteiger partial charge in [-0.1, -0.05) is 29.4 Å². The number of aromatic nitrogens is 3. The molecule has 3 rings (SSSR count). The monoisotopic (exact) mass is 282 g/mol. The van der Waals surface area contributed by atoms with Gasteiger partial charge in [0.15, 0.2) is 12.3 Å². The quantitative estimate of drug-likeness (QED) is 0.795. The Kier molecular flexibility index (Phi) is 3.51. The van der Waals surface area contributed by atoms with Gasteiger partial charge >= 0.3 is 6.01 Å². The molecule has 0 aliphatic heterocycles. The highest BCUT2D eigenvalue weighted by Crippen LogP contribution is 2.13. The first kappa shape index (κ1) is 13.1. The molecule has 21 heavy (non-hydrogen) atoms. The number of aryl methyl sites for hydroxylation is 1. The fourth-order valence-corrected chi connectivity index (χ4v) is 1.95. The summed E-state index contributed by atoms with van der Waals surface area (Å²) >= 11 is 0. The molecular weight excluding hydrogens is 268 g/mol. The van der Waals surface area contributed by atoms with E-state index in [-0.39, 0.29) is 12.5 Å². The Morgan fingerprint density at radius 3 is 2.86 bits per heavy atom. The van der Waals surface area contributed by atoms with Crippen LogP contribution in [0.4, 0.5) is 5.69 Å². The van der Waals surface area contributed by atoms with Gasteiger partial charge in [0.05, 0.1) is 0 Å². The van der Waals surface area contributed by atoms with Crippen LogP contribution >= 0.6 is 0 Å². The van der Waals surface area contributed by atoms with E-state index in [0.29, 0.717) is 11.7 Å². The summed E-state index contributed by atoms with van der Waals surface area (Å²) in [5.74, 6) is -0.239. The summed E-state index contributed by atoms with van der Waals surface area (Å²) in [6.07, 6.45) is 1.78. The molecule has 0 unspecified atom stereocenters. The molecule has 0 fully saturated rings. The Morgan fingerprint density at radius 2 is 2.00 bits per heavy atom. The van der Waals surface area contributed by atoms with Crippen LogP contribution in [0.25, 0.3) is 5.65 Å². The molecule has 2 heterocycles. The number of ether oxygens (including phenoxy) is 1. The molecule has 0 radical (unpaired) electrons. The van der Waals surface area contributed by atoms with E-state index in [2.05, 4.69) is 15.5 Å². The number of nitrogens with one attached hydrogen (secondary N) is 1. The standard InChI is InChI=1S/C15H14N4O2/c1-11-6-2-3-7-12(11)16-14(20)10-21-15-18-17-13-8-4-5-9-19(13)15/h2-9H,10H2,1H3,(H,16,20). The van der Waals surface area contributed by atoms with E-state index >= 15 is 0 Å². The third-order valence-corrected chi connectivity index (χ3v) is 3.03. The third kappa shape index (κ3) is 2.84. The number of benzene rings is 1. The molecule has 0 aliphatic rings. The molecule has 1 amide bonds. The van der Waals surface area contributed by atoms with Crippen molar-refractivity contribution in [2.45, 2.75) is 6.92 Å². The Balaban J connectivity index is 1.65. The highest BCUT2D eigenvalue weighted by molar-refractivity contribution is 5.92. The van der Waals surface area contributed by atoms with Crippen molar-refractivity contribution >= 4 is 17.2 Å². The maximum atomic E-state index is 11.9. The number of para-hydroxylation sites is 1. The molecule has 0 saturated carbocycles. The lowest BCUT2D eigenvalue weighted by molar-refractivity contribution is -0.118. The zero-order valence-corrected chi connectivity index (χ0v) is 11.5. The summed E-state index contributed by atoms with van der Waals surface area (Å²) in [7, 11) is 0. The van der Waals surface area contributed by atoms with Crippen LogP contribution in [-0.4, -0.2) is 27.1 Å². The first-order valence-electron chi connectivity index (χ1n) is 6.52. The van der Waals surface area contributed by atoms with Gasteiger partial charge in [0.1, 0.15) is 0 Å². The number of amides is 1. The van der Waals surface area contributed by atoms with Crippen LogP contribution in [-0.2, 0) is 4.79 Å². The molecular formula is C15H14N4O2. The van der Waals surface area contributed by atoms with E-state index in [4.69, 9.17) is 4.74 Å². The fraction of sp³-hybridized carbons (Fsp3) is 0.133. The van der Waals surface area contributed by atoms with Gasteiger partial charge in [-0.2, -0.15) is 0 Å². The van der Waals surface area contributed by atoms with Crippen LogP contribution in [0.3, 0.4) is 0 Å². The number of carbonyl (C=O) groups excluding carboxylic acids is 1. The van der Waals surface area contributed by atoms with Crippen LogP contribution in [0.15, 0.2) is 48.7 Å². The smallest absolute Gasteiger partial charge is 0.322 e. The van der Waals surface area contributed by atoms with Crippen molar-refractivity contribution in [3.8, 4) is 6.01 Å². The molecule has 2 aromatic heterocycles. The van der Waals surface area contributed by atoms with Crippen LogP contribution in [0, 0.1) is 6.92 Å². The average molecular weight is 282 g/mol. The fourth-order valence-electron chi connectivity index (χ4n) is 1.95. The van der Waals surface area contributed by atoms with Gasteiger partial charge in [0.25, 0.3) is 5.91 Å². The molecule has 1 aromatic carbocycles. The molecule has 0 atom stereocenters. The maximum absolute atomic E-state index is 11.9. The molecule has 6 nitrogen and oxygen atoms in total. The number of hydrogen-bond acceptors (Lipinski definition) is 4. The molecule has 106 valence electrons. The number of pyridine rings is 1. The molecule has 0 spiro atoms. The molecule has 0 bridgehead atoms. The summed E-state index contributed by atoms with van der Waals surface area (Å²) in [5.41, 5.74) is 2.45. The van der Waals surface area contributed by atoms with Gasteiger partial charge < -0.3 is 10.1 Å². The normalized spacial score (nSPS) is 10.5. The number of rotatable bonds is 4. The number of fused-ring (bicyclic) bond motifs is 1. The second-order valence-corrected chi connectivity index (χ2v) is 4.56. The lowest BCUT2D eigenvalue weighted by Gasteiger charge is -2.08. The van der Waals surface area contributed by atoms with E-state index < -0.39 is 0 Å². The van der Waals surface area contributed by atoms with Crippen LogP contribution < -0.4 is 10.1 Å². The highest BCUT2D eigenvalue weighted by Gasteiger charge is 2.09. The van der Waals surface area contributed by atoms with Crippen molar-refractivity contribution < 1.29 is 9.53 Å². The lowest BCUT2D eigenvalue weighted by Crippen LogP contribution is -2.21. The minimum absolute atomic E-state index is 0.121. The second kappa shape index (κ2) is 5.62. The Hall–Kier alpha value is -2.89. The van der Waals surface area contributed by atoms with Crippen molar-refractivity contribution in [3.63, 3.8) is 0 Å². The van der Waals surface area contributed by atoms with Crippen LogP contribution in [0.1, 0.15) is 5.56 Å². The van der Waals surface area contributed by atoms with Gasteiger partial charge in [-0.3, -0.25) is 9.20 Å². The van der Waals surface area contributed by atoms with Crippen LogP contribution in [0.5, 0.6) is 6.01 Å². The molecule has 0 aliphatic carbocycles. The minimum atomic E-state index is -0.239. The Labute approximate surface area is 121 Å². The van der Waals surface area contributed by atoms with Crippen LogP contribution in [0.2, 0.25) is 0 Å². The van der Waals surface area contributed by atoms with E-state index in [0.717, 1.165) is 11.3 Å². The second-order valence-electron chi connectivity index (χ2n) is 4.56. The van der Waals surface area contributed by atoms with Crippen molar-refractivity contribution in [2.75, 3.05) is 11.9 Å². The van der Waals surface area contributed by atoms with E-state index in [1.165, 1.54) is 0 Å². The zero-order chi connectivity index (χ0) is 14.7. The van der Waals surface area contributed by atoms with Gasteiger partial charge in [0.2, 0.25) is 0 Å². The average Bonchev–Trinajstić information content (AvgIpc) is 2.91. The number of anilines is 1. The molecule has 0 saturated heterocycles. The predicted octanol–water partition coefficient (Wildman–Crippen LogP) is 2.06. The van der Waals surface area contributed by atoms with Gasteiger partial charge in [-0.25, -0.2) is 0 Å².